The van der Waals surface area contributed by atoms with Crippen LogP contribution in [0.2, 0.25) is 0 Å². The molecule has 0 bridgehead atoms. The van der Waals surface area contributed by atoms with Crippen LogP contribution in [-0.4, -0.2) is 62.2 Å². The van der Waals surface area contributed by atoms with Crippen molar-refractivity contribution in [1.82, 2.24) is 15.1 Å². The van der Waals surface area contributed by atoms with Crippen LogP contribution in [-0.2, 0) is 0 Å². The van der Waals surface area contributed by atoms with E-state index in [9.17, 15) is 0 Å². The van der Waals surface area contributed by atoms with Crippen molar-refractivity contribution in [2.45, 2.75) is 30.8 Å². The number of hydrogen-bond donors (Lipinski definition) is 1. The van der Waals surface area contributed by atoms with E-state index in [-0.39, 0.29) is 0 Å². The summed E-state index contributed by atoms with van der Waals surface area (Å²) in [7, 11) is 4.39. The van der Waals surface area contributed by atoms with Crippen LogP contribution in [0.1, 0.15) is 24.3 Å². The van der Waals surface area contributed by atoms with Crippen LogP contribution in [0.15, 0.2) is 30.3 Å². The fourth-order valence-electron chi connectivity index (χ4n) is 3.33. The van der Waals surface area contributed by atoms with Gasteiger partial charge in [0, 0.05) is 37.6 Å². The van der Waals surface area contributed by atoms with E-state index < -0.39 is 0 Å². The third-order valence-electron chi connectivity index (χ3n) is 4.83. The zero-order chi connectivity index (χ0) is 13.9. The van der Waals surface area contributed by atoms with Crippen LogP contribution in [0.3, 0.4) is 0 Å². The van der Waals surface area contributed by atoms with Gasteiger partial charge in [-0.25, -0.2) is 0 Å². The monoisotopic (exact) mass is 273 g/mol. The Kier molecular flexibility index (Phi) is 4.39. The highest BCUT2D eigenvalue weighted by atomic mass is 15.2. The second-order valence-electron chi connectivity index (χ2n) is 6.52. The molecule has 0 spiro atoms. The lowest BCUT2D eigenvalue weighted by atomic mass is 10.1. The lowest BCUT2D eigenvalue weighted by Gasteiger charge is -2.20. The van der Waals surface area contributed by atoms with Crippen LogP contribution in [0, 0.1) is 0 Å². The second kappa shape index (κ2) is 6.25. The molecule has 1 heterocycles. The van der Waals surface area contributed by atoms with Gasteiger partial charge in [-0.2, -0.15) is 0 Å². The predicted molar refractivity (Wildman–Crippen MR) is 84.1 cm³/mol. The Hall–Kier alpha value is -0.900. The Morgan fingerprint density at radius 3 is 2.75 bits per heavy atom. The lowest BCUT2D eigenvalue weighted by Crippen LogP contribution is -2.35. The van der Waals surface area contributed by atoms with Gasteiger partial charge >= 0.3 is 0 Å². The van der Waals surface area contributed by atoms with Crippen LogP contribution >= 0.6 is 0 Å². The minimum absolute atomic E-state index is 0.713. The first-order valence-electron chi connectivity index (χ1n) is 7.91. The fraction of sp³-hybridized carbons (Fsp3) is 0.647. The summed E-state index contributed by atoms with van der Waals surface area (Å²) in [6.07, 6.45) is 2.63. The van der Waals surface area contributed by atoms with Crippen molar-refractivity contribution in [3.8, 4) is 0 Å². The number of nitrogens with zero attached hydrogens (tertiary/aromatic N) is 2. The highest BCUT2D eigenvalue weighted by Crippen LogP contribution is 2.40. The summed E-state index contributed by atoms with van der Waals surface area (Å²) in [5, 5.41) is 3.72. The maximum atomic E-state index is 3.72. The van der Waals surface area contributed by atoms with Gasteiger partial charge in [0.2, 0.25) is 0 Å². The second-order valence-corrected chi connectivity index (χ2v) is 6.52. The first kappa shape index (κ1) is 14.1. The minimum Gasteiger partial charge on any atom is -0.312 e. The summed E-state index contributed by atoms with van der Waals surface area (Å²) in [4.78, 5) is 4.96. The third kappa shape index (κ3) is 3.40. The van der Waals surface area contributed by atoms with Crippen molar-refractivity contribution in [3.63, 3.8) is 0 Å². The van der Waals surface area contributed by atoms with E-state index in [1.807, 2.05) is 0 Å². The molecule has 1 aliphatic heterocycles. The fourth-order valence-corrected chi connectivity index (χ4v) is 3.33. The van der Waals surface area contributed by atoms with E-state index >= 15 is 0 Å². The van der Waals surface area contributed by atoms with E-state index in [1.165, 1.54) is 38.0 Å². The standard InChI is InChI=1S/C17H27N3/c1-19(2)15-8-10-20(13-15)11-9-18-17-12-16(17)14-6-4-3-5-7-14/h3-7,15-18H,8-13H2,1-2H3/t15?,16-,17+/m0/s1. The quantitative estimate of drug-likeness (QED) is 0.852. The average molecular weight is 273 g/mol. The Balaban J connectivity index is 1.34. The van der Waals surface area contributed by atoms with Crippen molar-refractivity contribution in [1.29, 1.82) is 0 Å². The van der Waals surface area contributed by atoms with E-state index in [2.05, 4.69) is 59.5 Å². The zero-order valence-electron chi connectivity index (χ0n) is 12.8. The number of likely N-dealkylation sites (N-methyl/N-ethyl adjacent to an activating group) is 1. The lowest BCUT2D eigenvalue weighted by molar-refractivity contribution is 0.268. The molecule has 3 atom stereocenters. The summed E-state index contributed by atoms with van der Waals surface area (Å²) in [6, 6.07) is 12.4. The highest BCUT2D eigenvalue weighted by molar-refractivity contribution is 5.27. The normalized spacial score (nSPS) is 30.1. The SMILES string of the molecule is CN(C)C1CCN(CCN[C@@H]2C[C@H]2c2ccccc2)C1. The molecule has 1 unspecified atom stereocenters. The van der Waals surface area contributed by atoms with Crippen molar-refractivity contribution in [3.05, 3.63) is 35.9 Å². The summed E-state index contributed by atoms with van der Waals surface area (Å²) in [6.45, 7) is 4.83. The van der Waals surface area contributed by atoms with E-state index in [4.69, 9.17) is 0 Å². The largest absolute Gasteiger partial charge is 0.312 e. The molecule has 20 heavy (non-hydrogen) atoms. The van der Waals surface area contributed by atoms with Crippen LogP contribution in [0.4, 0.5) is 0 Å². The molecule has 3 heteroatoms. The maximum absolute atomic E-state index is 3.72. The Morgan fingerprint density at radius 1 is 1.25 bits per heavy atom. The van der Waals surface area contributed by atoms with Gasteiger partial charge in [-0.15, -0.1) is 0 Å². The molecule has 2 fully saturated rings. The van der Waals surface area contributed by atoms with Crippen LogP contribution in [0.25, 0.3) is 0 Å². The Bertz CT molecular complexity index is 418. The summed E-state index contributed by atoms with van der Waals surface area (Å²) < 4.78 is 0. The molecule has 2 aliphatic rings. The molecule has 1 saturated carbocycles. The van der Waals surface area contributed by atoms with Crippen molar-refractivity contribution in [2.24, 2.45) is 0 Å². The molecule has 3 rings (SSSR count). The van der Waals surface area contributed by atoms with E-state index in [0.717, 1.165) is 18.5 Å². The first-order valence-corrected chi connectivity index (χ1v) is 7.91. The van der Waals surface area contributed by atoms with Gasteiger partial charge in [0.1, 0.15) is 0 Å². The number of likely N-dealkylation sites (tertiary alicyclic amines) is 1. The first-order chi connectivity index (χ1) is 9.74. The topological polar surface area (TPSA) is 18.5 Å². The van der Waals surface area contributed by atoms with E-state index in [0.29, 0.717) is 6.04 Å². The molecule has 110 valence electrons. The molecule has 3 nitrogen and oxygen atoms in total. The Morgan fingerprint density at radius 2 is 2.05 bits per heavy atom. The van der Waals surface area contributed by atoms with Crippen LogP contribution < -0.4 is 5.32 Å². The van der Waals surface area contributed by atoms with Gasteiger partial charge in [-0.05, 0) is 39.0 Å². The molecule has 1 aromatic rings. The molecular weight excluding hydrogens is 246 g/mol. The number of hydrogen-bond acceptors (Lipinski definition) is 3. The maximum Gasteiger partial charge on any atom is 0.0229 e. The Labute approximate surface area is 123 Å². The predicted octanol–water partition coefficient (Wildman–Crippen LogP) is 1.77. The van der Waals surface area contributed by atoms with Gasteiger partial charge in [0.15, 0.2) is 0 Å². The molecular formula is C17H27N3. The van der Waals surface area contributed by atoms with Crippen molar-refractivity contribution in [2.75, 3.05) is 40.3 Å². The third-order valence-corrected chi connectivity index (χ3v) is 4.83. The van der Waals surface area contributed by atoms with Gasteiger partial charge in [0.25, 0.3) is 0 Å². The molecule has 0 amide bonds. The minimum atomic E-state index is 0.713. The molecule has 1 aliphatic carbocycles. The summed E-state index contributed by atoms with van der Waals surface area (Å²) in [5.41, 5.74) is 1.50. The number of nitrogens with one attached hydrogen (secondary N) is 1. The van der Waals surface area contributed by atoms with Gasteiger partial charge in [-0.3, -0.25) is 0 Å². The van der Waals surface area contributed by atoms with Gasteiger partial charge in [0.05, 0.1) is 0 Å². The van der Waals surface area contributed by atoms with Crippen molar-refractivity contribution >= 4 is 0 Å². The molecule has 1 saturated heterocycles. The van der Waals surface area contributed by atoms with Crippen molar-refractivity contribution < 1.29 is 0 Å². The molecule has 0 aromatic heterocycles. The average Bonchev–Trinajstić information content (AvgIpc) is 3.07. The zero-order valence-corrected chi connectivity index (χ0v) is 12.8. The molecule has 0 radical (unpaired) electrons. The summed E-state index contributed by atoms with van der Waals surface area (Å²) in [5.74, 6) is 0.754. The highest BCUT2D eigenvalue weighted by Gasteiger charge is 2.37. The van der Waals surface area contributed by atoms with Crippen LogP contribution in [0.5, 0.6) is 0 Å². The van der Waals surface area contributed by atoms with Gasteiger partial charge < -0.3 is 15.1 Å². The summed E-state index contributed by atoms with van der Waals surface area (Å²) >= 11 is 0. The molecule has 1 N–H and O–H groups in total. The van der Waals surface area contributed by atoms with E-state index in [1.54, 1.807) is 0 Å². The van der Waals surface area contributed by atoms with Gasteiger partial charge in [-0.1, -0.05) is 30.3 Å². The molecule has 1 aromatic carbocycles. The smallest absolute Gasteiger partial charge is 0.0229 e. The number of rotatable bonds is 6. The number of benzene rings is 1.